The summed E-state index contributed by atoms with van der Waals surface area (Å²) < 4.78 is 5.46. The Morgan fingerprint density at radius 1 is 1.53 bits per heavy atom. The molecule has 0 radical (unpaired) electrons. The molecule has 2 rings (SSSR count). The molecule has 1 saturated carbocycles. The highest BCUT2D eigenvalue weighted by Crippen LogP contribution is 2.59. The lowest BCUT2D eigenvalue weighted by Gasteiger charge is -2.51. The van der Waals surface area contributed by atoms with Gasteiger partial charge in [-0.3, -0.25) is 4.79 Å². The van der Waals surface area contributed by atoms with Crippen molar-refractivity contribution < 1.29 is 9.53 Å². The van der Waals surface area contributed by atoms with Crippen LogP contribution in [0.3, 0.4) is 0 Å². The second kappa shape index (κ2) is 4.93. The van der Waals surface area contributed by atoms with E-state index in [9.17, 15) is 4.79 Å². The predicted octanol–water partition coefficient (Wildman–Crippen LogP) is 3.04. The van der Waals surface area contributed by atoms with Crippen molar-refractivity contribution in [1.82, 2.24) is 0 Å². The first-order chi connectivity index (χ1) is 8.79. The summed E-state index contributed by atoms with van der Waals surface area (Å²) in [7, 11) is 0. The smallest absolute Gasteiger partial charge is 0.306 e. The van der Waals surface area contributed by atoms with Crippen LogP contribution in [0.15, 0.2) is 11.6 Å². The molecular formula is C16H27NO2. The lowest BCUT2D eigenvalue weighted by atomic mass is 9.53. The standard InChI is InChI=1S/C16H27NO2/c1-5-11-6-12-8-16(10-17,13(12)7-11)9-14(18)19-15(2,3)4/h7,12-13H,5-6,8-10,17H2,1-4H3/t12-,13-,16+/m0/s1. The third-order valence-electron chi connectivity index (χ3n) is 4.60. The van der Waals surface area contributed by atoms with Gasteiger partial charge in [-0.15, -0.1) is 0 Å². The first-order valence-electron chi connectivity index (χ1n) is 7.41. The molecule has 108 valence electrons. The van der Waals surface area contributed by atoms with Gasteiger partial charge in [0, 0.05) is 0 Å². The van der Waals surface area contributed by atoms with Crippen molar-refractivity contribution in [3.63, 3.8) is 0 Å². The Bertz CT molecular complexity index is 394. The quantitative estimate of drug-likeness (QED) is 0.628. The molecule has 0 spiro atoms. The Hall–Kier alpha value is -0.830. The number of rotatable bonds is 4. The molecule has 19 heavy (non-hydrogen) atoms. The molecule has 0 aromatic carbocycles. The van der Waals surface area contributed by atoms with Gasteiger partial charge in [0.05, 0.1) is 6.42 Å². The fourth-order valence-electron chi connectivity index (χ4n) is 3.70. The summed E-state index contributed by atoms with van der Waals surface area (Å²) in [6.45, 7) is 8.52. The average Bonchev–Trinajstić information content (AvgIpc) is 2.62. The highest BCUT2D eigenvalue weighted by molar-refractivity contribution is 5.71. The number of allylic oxidation sites excluding steroid dienone is 2. The zero-order chi connectivity index (χ0) is 14.3. The van der Waals surface area contributed by atoms with Crippen LogP contribution in [0.1, 0.15) is 53.4 Å². The average molecular weight is 265 g/mol. The van der Waals surface area contributed by atoms with Crippen LogP contribution in [-0.2, 0) is 9.53 Å². The van der Waals surface area contributed by atoms with Crippen LogP contribution in [0, 0.1) is 17.3 Å². The molecule has 3 atom stereocenters. The van der Waals surface area contributed by atoms with Gasteiger partial charge in [0.1, 0.15) is 5.60 Å². The van der Waals surface area contributed by atoms with Gasteiger partial charge in [-0.25, -0.2) is 0 Å². The van der Waals surface area contributed by atoms with Gasteiger partial charge in [-0.2, -0.15) is 0 Å². The van der Waals surface area contributed by atoms with E-state index in [1.165, 1.54) is 12.0 Å². The number of ether oxygens (including phenoxy) is 1. The van der Waals surface area contributed by atoms with Crippen molar-refractivity contribution in [3.05, 3.63) is 11.6 Å². The lowest BCUT2D eigenvalue weighted by molar-refractivity contribution is -0.162. The molecule has 1 fully saturated rings. The number of nitrogens with two attached hydrogens (primary N) is 1. The summed E-state index contributed by atoms with van der Waals surface area (Å²) in [6, 6.07) is 0. The van der Waals surface area contributed by atoms with Crippen molar-refractivity contribution in [2.75, 3.05) is 6.54 Å². The van der Waals surface area contributed by atoms with E-state index in [4.69, 9.17) is 10.5 Å². The van der Waals surface area contributed by atoms with E-state index in [2.05, 4.69) is 13.0 Å². The second-order valence-corrected chi connectivity index (χ2v) is 7.20. The van der Waals surface area contributed by atoms with Gasteiger partial charge in [0.2, 0.25) is 0 Å². The molecule has 2 aliphatic carbocycles. The highest BCUT2D eigenvalue weighted by atomic mass is 16.6. The molecule has 0 aromatic rings. The Morgan fingerprint density at radius 3 is 2.74 bits per heavy atom. The fourth-order valence-corrected chi connectivity index (χ4v) is 3.70. The van der Waals surface area contributed by atoms with E-state index in [1.807, 2.05) is 20.8 Å². The predicted molar refractivity (Wildman–Crippen MR) is 76.5 cm³/mol. The summed E-state index contributed by atoms with van der Waals surface area (Å²) >= 11 is 0. The van der Waals surface area contributed by atoms with Gasteiger partial charge < -0.3 is 10.5 Å². The minimum absolute atomic E-state index is 0.0378. The Labute approximate surface area is 116 Å². The molecule has 2 aliphatic rings. The Morgan fingerprint density at radius 2 is 2.21 bits per heavy atom. The number of carbonyl (C=O) groups excluding carboxylic acids is 1. The third-order valence-corrected chi connectivity index (χ3v) is 4.60. The van der Waals surface area contributed by atoms with E-state index in [1.54, 1.807) is 0 Å². The summed E-state index contributed by atoms with van der Waals surface area (Å²) in [5, 5.41) is 0. The van der Waals surface area contributed by atoms with E-state index >= 15 is 0 Å². The first kappa shape index (κ1) is 14.6. The largest absolute Gasteiger partial charge is 0.460 e. The minimum atomic E-state index is -0.407. The third kappa shape index (κ3) is 2.86. The maximum Gasteiger partial charge on any atom is 0.306 e. The van der Waals surface area contributed by atoms with Crippen molar-refractivity contribution >= 4 is 5.97 Å². The summed E-state index contributed by atoms with van der Waals surface area (Å²) in [5.74, 6) is 1.12. The van der Waals surface area contributed by atoms with Crippen LogP contribution >= 0.6 is 0 Å². The molecule has 0 amide bonds. The molecule has 0 saturated heterocycles. The highest BCUT2D eigenvalue weighted by Gasteiger charge is 2.55. The molecule has 0 unspecified atom stereocenters. The van der Waals surface area contributed by atoms with Crippen molar-refractivity contribution in [2.24, 2.45) is 23.0 Å². The fraction of sp³-hybridized carbons (Fsp3) is 0.812. The minimum Gasteiger partial charge on any atom is -0.460 e. The normalized spacial score (nSPS) is 33.4. The summed E-state index contributed by atoms with van der Waals surface area (Å²) in [5.41, 5.74) is 7.08. The van der Waals surface area contributed by atoms with Gasteiger partial charge in [-0.05, 0) is 63.8 Å². The van der Waals surface area contributed by atoms with E-state index in [0.29, 0.717) is 18.9 Å². The molecule has 0 aliphatic heterocycles. The SMILES string of the molecule is CCC1=C[C@H]2[C@@H](C1)C[C@]2(CN)CC(=O)OC(C)(C)C. The maximum atomic E-state index is 12.1. The topological polar surface area (TPSA) is 52.3 Å². The van der Waals surface area contributed by atoms with E-state index in [0.717, 1.165) is 18.8 Å². The number of hydrogen-bond acceptors (Lipinski definition) is 3. The molecular weight excluding hydrogens is 238 g/mol. The maximum absolute atomic E-state index is 12.1. The van der Waals surface area contributed by atoms with Gasteiger partial charge in [0.25, 0.3) is 0 Å². The number of carbonyl (C=O) groups is 1. The van der Waals surface area contributed by atoms with Crippen LogP contribution in [0.5, 0.6) is 0 Å². The van der Waals surface area contributed by atoms with Crippen LogP contribution in [-0.4, -0.2) is 18.1 Å². The van der Waals surface area contributed by atoms with Crippen LogP contribution in [0.4, 0.5) is 0 Å². The van der Waals surface area contributed by atoms with Crippen LogP contribution in [0.25, 0.3) is 0 Å². The molecule has 0 heterocycles. The Balaban J connectivity index is 2.02. The zero-order valence-corrected chi connectivity index (χ0v) is 12.7. The van der Waals surface area contributed by atoms with Gasteiger partial charge in [-0.1, -0.05) is 18.6 Å². The Kier molecular flexibility index (Phi) is 3.78. The molecule has 0 bridgehead atoms. The van der Waals surface area contributed by atoms with E-state index < -0.39 is 5.60 Å². The molecule has 0 aromatic heterocycles. The first-order valence-corrected chi connectivity index (χ1v) is 7.41. The van der Waals surface area contributed by atoms with Crippen molar-refractivity contribution in [3.8, 4) is 0 Å². The van der Waals surface area contributed by atoms with Crippen LogP contribution < -0.4 is 5.73 Å². The molecule has 2 N–H and O–H groups in total. The monoisotopic (exact) mass is 265 g/mol. The van der Waals surface area contributed by atoms with E-state index in [-0.39, 0.29) is 11.4 Å². The number of esters is 1. The zero-order valence-electron chi connectivity index (χ0n) is 12.7. The number of hydrogen-bond donors (Lipinski definition) is 1. The second-order valence-electron chi connectivity index (χ2n) is 7.20. The van der Waals surface area contributed by atoms with Gasteiger partial charge >= 0.3 is 5.97 Å². The summed E-state index contributed by atoms with van der Waals surface area (Å²) in [6.07, 6.45) is 6.26. The van der Waals surface area contributed by atoms with Crippen molar-refractivity contribution in [2.45, 2.75) is 59.0 Å². The summed E-state index contributed by atoms with van der Waals surface area (Å²) in [4.78, 5) is 12.1. The van der Waals surface area contributed by atoms with Gasteiger partial charge in [0.15, 0.2) is 0 Å². The molecule has 3 heteroatoms. The number of fused-ring (bicyclic) bond motifs is 1. The van der Waals surface area contributed by atoms with Crippen LogP contribution in [0.2, 0.25) is 0 Å². The molecule has 3 nitrogen and oxygen atoms in total. The van der Waals surface area contributed by atoms with Crippen molar-refractivity contribution in [1.29, 1.82) is 0 Å². The lowest BCUT2D eigenvalue weighted by Crippen LogP contribution is -2.51.